The lowest BCUT2D eigenvalue weighted by molar-refractivity contribution is 0.112. The summed E-state index contributed by atoms with van der Waals surface area (Å²) in [5, 5.41) is 0. The molecule has 0 aliphatic carbocycles. The maximum absolute atomic E-state index is 12.1. The van der Waals surface area contributed by atoms with Crippen molar-refractivity contribution in [1.29, 1.82) is 0 Å². The molecule has 5 aromatic rings. The smallest absolute Gasteiger partial charge is 0.150 e. The molecule has 0 radical (unpaired) electrons. The molecule has 5 rings (SSSR count). The summed E-state index contributed by atoms with van der Waals surface area (Å²) in [4.78, 5) is 16.7. The molecule has 0 saturated carbocycles. The maximum Gasteiger partial charge on any atom is 0.150 e. The Morgan fingerprint density at radius 2 is 1.29 bits per heavy atom. The van der Waals surface area contributed by atoms with Gasteiger partial charge in [0.15, 0.2) is 6.29 Å². The van der Waals surface area contributed by atoms with Crippen LogP contribution >= 0.6 is 0 Å². The van der Waals surface area contributed by atoms with Gasteiger partial charge in [-0.2, -0.15) is 0 Å². The number of hydrogen-bond donors (Lipinski definition) is 0. The lowest BCUT2D eigenvalue weighted by Crippen LogP contribution is -2.37. The van der Waals surface area contributed by atoms with Gasteiger partial charge < -0.3 is 9.30 Å². The molecule has 34 heavy (non-hydrogen) atoms. The number of benzene rings is 4. The van der Waals surface area contributed by atoms with E-state index in [0.717, 1.165) is 34.2 Å². The van der Waals surface area contributed by atoms with Crippen LogP contribution in [0.2, 0.25) is 0 Å². The summed E-state index contributed by atoms with van der Waals surface area (Å²) < 4.78 is 7.52. The molecule has 0 atom stereocenters. The molecular weight excluding hydrogens is 420 g/mol. The summed E-state index contributed by atoms with van der Waals surface area (Å²) in [6.07, 6.45) is 4.53. The van der Waals surface area contributed by atoms with E-state index in [1.54, 1.807) is 13.2 Å². The highest BCUT2D eigenvalue weighted by Gasteiger charge is 2.39. The Bertz CT molecular complexity index is 1300. The zero-order valence-electron chi connectivity index (χ0n) is 18.8. The van der Waals surface area contributed by atoms with Gasteiger partial charge in [-0.25, -0.2) is 4.98 Å². The molecule has 0 saturated heterocycles. The Morgan fingerprint density at radius 3 is 1.76 bits per heavy atom. The van der Waals surface area contributed by atoms with Gasteiger partial charge in [0.05, 0.1) is 25.3 Å². The van der Waals surface area contributed by atoms with Gasteiger partial charge in [-0.15, -0.1) is 0 Å². The van der Waals surface area contributed by atoms with Crippen molar-refractivity contribution < 1.29 is 9.53 Å². The van der Waals surface area contributed by atoms with Crippen molar-refractivity contribution in [2.75, 3.05) is 7.11 Å². The number of methoxy groups -OCH3 is 1. The van der Waals surface area contributed by atoms with E-state index < -0.39 is 5.54 Å². The number of hydrogen-bond acceptors (Lipinski definition) is 3. The fourth-order valence-electron chi connectivity index (χ4n) is 4.72. The van der Waals surface area contributed by atoms with E-state index in [1.165, 1.54) is 0 Å². The minimum absolute atomic E-state index is 0.546. The zero-order valence-corrected chi connectivity index (χ0v) is 18.8. The second-order valence-corrected chi connectivity index (χ2v) is 8.03. The number of rotatable bonds is 7. The van der Waals surface area contributed by atoms with E-state index in [9.17, 15) is 4.79 Å². The number of aldehydes is 1. The minimum Gasteiger partial charge on any atom is -0.497 e. The number of nitrogens with zero attached hydrogens (tertiary/aromatic N) is 2. The highest BCUT2D eigenvalue weighted by atomic mass is 16.5. The van der Waals surface area contributed by atoms with E-state index in [-0.39, 0.29) is 0 Å². The first-order valence-electron chi connectivity index (χ1n) is 11.1. The fraction of sp³-hybridized carbons (Fsp3) is 0.0667. The van der Waals surface area contributed by atoms with Crippen LogP contribution in [-0.4, -0.2) is 22.9 Å². The molecule has 4 aromatic carbocycles. The molecule has 0 spiro atoms. The molecule has 1 aromatic heterocycles. The van der Waals surface area contributed by atoms with Crippen molar-refractivity contribution >= 4 is 6.29 Å². The van der Waals surface area contributed by atoms with Crippen molar-refractivity contribution in [1.82, 2.24) is 9.55 Å². The molecule has 1 heterocycles. The first kappa shape index (κ1) is 21.4. The maximum atomic E-state index is 12.1. The number of aromatic nitrogens is 2. The van der Waals surface area contributed by atoms with Crippen LogP contribution in [-0.2, 0) is 5.54 Å². The third-order valence-electron chi connectivity index (χ3n) is 6.24. The average Bonchev–Trinajstić information content (AvgIpc) is 3.40. The number of carbonyl (C=O) groups excluding carboxylic acids is 1. The Kier molecular flexibility index (Phi) is 5.79. The van der Waals surface area contributed by atoms with Crippen molar-refractivity contribution in [3.63, 3.8) is 0 Å². The van der Waals surface area contributed by atoms with Crippen molar-refractivity contribution in [3.05, 3.63) is 144 Å². The van der Waals surface area contributed by atoms with Crippen LogP contribution in [0.5, 0.6) is 5.75 Å². The molecule has 0 N–H and O–H groups in total. The van der Waals surface area contributed by atoms with Gasteiger partial charge in [0.2, 0.25) is 0 Å². The Morgan fingerprint density at radius 1 is 0.765 bits per heavy atom. The van der Waals surface area contributed by atoms with Crippen LogP contribution in [0.3, 0.4) is 0 Å². The number of ether oxygens (including phenoxy) is 1. The van der Waals surface area contributed by atoms with Gasteiger partial charge in [0.1, 0.15) is 11.3 Å². The monoisotopic (exact) mass is 444 g/mol. The Hall–Kier alpha value is -4.44. The van der Waals surface area contributed by atoms with Crippen LogP contribution in [0.4, 0.5) is 0 Å². The molecule has 0 aliphatic rings. The lowest BCUT2D eigenvalue weighted by Gasteiger charge is -2.38. The zero-order chi connectivity index (χ0) is 23.4. The number of imidazole rings is 1. The Balaban J connectivity index is 1.89. The molecule has 4 heteroatoms. The van der Waals surface area contributed by atoms with E-state index in [4.69, 9.17) is 4.74 Å². The molecule has 0 amide bonds. The summed E-state index contributed by atoms with van der Waals surface area (Å²) in [5.41, 5.74) is 4.73. The molecule has 0 fully saturated rings. The van der Waals surface area contributed by atoms with Crippen molar-refractivity contribution in [3.8, 4) is 17.0 Å². The normalized spacial score (nSPS) is 11.2. The topological polar surface area (TPSA) is 44.1 Å². The largest absolute Gasteiger partial charge is 0.497 e. The highest BCUT2D eigenvalue weighted by Crippen LogP contribution is 2.43. The van der Waals surface area contributed by atoms with Crippen LogP contribution in [0.25, 0.3) is 11.3 Å². The molecule has 4 nitrogen and oxygen atoms in total. The fourth-order valence-corrected chi connectivity index (χ4v) is 4.72. The van der Waals surface area contributed by atoms with Gasteiger partial charge in [-0.05, 0) is 34.9 Å². The van der Waals surface area contributed by atoms with Gasteiger partial charge in [-0.3, -0.25) is 4.79 Å². The average molecular weight is 445 g/mol. The quantitative estimate of drug-likeness (QED) is 0.221. The number of carbonyl (C=O) groups is 1. The molecule has 0 aliphatic heterocycles. The van der Waals surface area contributed by atoms with E-state index in [0.29, 0.717) is 11.3 Å². The lowest BCUT2D eigenvalue weighted by atomic mass is 9.76. The standard InChI is InChI=1S/C30H24N2O2/c1-34-27-17-18-28(23(19-27)21-33)29-20-31-22-32(29)30(24-11-5-2-6-12-24,25-13-7-3-8-14-25)26-15-9-4-10-16-26/h2-22H,1H3. The Labute approximate surface area is 199 Å². The third-order valence-corrected chi connectivity index (χ3v) is 6.24. The molecule has 0 unspecified atom stereocenters. The summed E-state index contributed by atoms with van der Waals surface area (Å²) in [7, 11) is 1.60. The first-order valence-corrected chi connectivity index (χ1v) is 11.1. The van der Waals surface area contributed by atoms with E-state index in [2.05, 4.69) is 82.3 Å². The molecule has 0 bridgehead atoms. The van der Waals surface area contributed by atoms with Crippen LogP contribution in [0.15, 0.2) is 122 Å². The third kappa shape index (κ3) is 3.50. The summed E-state index contributed by atoms with van der Waals surface area (Å²) in [6, 6.07) is 36.7. The van der Waals surface area contributed by atoms with Crippen LogP contribution in [0.1, 0.15) is 27.0 Å². The second-order valence-electron chi connectivity index (χ2n) is 8.03. The van der Waals surface area contributed by atoms with Gasteiger partial charge in [0, 0.05) is 11.1 Å². The van der Waals surface area contributed by atoms with Crippen LogP contribution < -0.4 is 4.74 Å². The predicted octanol–water partition coefficient (Wildman–Crippen LogP) is 6.21. The SMILES string of the molecule is COc1ccc(-c2cncn2C(c2ccccc2)(c2ccccc2)c2ccccc2)c(C=O)c1. The highest BCUT2D eigenvalue weighted by molar-refractivity contribution is 5.87. The summed E-state index contributed by atoms with van der Waals surface area (Å²) in [5.74, 6) is 0.636. The van der Waals surface area contributed by atoms with Gasteiger partial charge in [-0.1, -0.05) is 91.0 Å². The van der Waals surface area contributed by atoms with Crippen LogP contribution in [0, 0.1) is 0 Å². The van der Waals surface area contributed by atoms with Crippen molar-refractivity contribution in [2.45, 2.75) is 5.54 Å². The molecule has 166 valence electrons. The predicted molar refractivity (Wildman–Crippen MR) is 134 cm³/mol. The van der Waals surface area contributed by atoms with Crippen molar-refractivity contribution in [2.24, 2.45) is 0 Å². The van der Waals surface area contributed by atoms with E-state index in [1.807, 2.05) is 42.9 Å². The summed E-state index contributed by atoms with van der Waals surface area (Å²) in [6.45, 7) is 0. The first-order chi connectivity index (χ1) is 16.8. The van der Waals surface area contributed by atoms with E-state index >= 15 is 0 Å². The second kappa shape index (κ2) is 9.20. The van der Waals surface area contributed by atoms with Gasteiger partial charge >= 0.3 is 0 Å². The molecular formula is C30H24N2O2. The van der Waals surface area contributed by atoms with Gasteiger partial charge in [0.25, 0.3) is 0 Å². The minimum atomic E-state index is -0.713. The summed E-state index contributed by atoms with van der Waals surface area (Å²) >= 11 is 0.